The van der Waals surface area contributed by atoms with Gasteiger partial charge in [-0.15, -0.1) is 0 Å². The Morgan fingerprint density at radius 1 is 1.25 bits per heavy atom. The number of rotatable bonds is 4. The van der Waals surface area contributed by atoms with E-state index in [4.69, 9.17) is 9.47 Å². The van der Waals surface area contributed by atoms with Gasteiger partial charge >= 0.3 is 5.97 Å². The Bertz CT molecular complexity index is 614. The molecule has 1 heterocycles. The predicted molar refractivity (Wildman–Crippen MR) is 66.6 cm³/mol. The van der Waals surface area contributed by atoms with Crippen LogP contribution in [0.25, 0.3) is 0 Å². The summed E-state index contributed by atoms with van der Waals surface area (Å²) >= 11 is 0. The van der Waals surface area contributed by atoms with Gasteiger partial charge in [0.25, 0.3) is 5.88 Å². The topological polar surface area (TPSA) is 48.4 Å². The summed E-state index contributed by atoms with van der Waals surface area (Å²) < 4.78 is 36.0. The fraction of sp³-hybridized carbons (Fsp3) is 0.143. The van der Waals surface area contributed by atoms with Crippen molar-refractivity contribution in [1.82, 2.24) is 4.98 Å². The number of carbonyl (C=O) groups excluding carboxylic acids is 1. The van der Waals surface area contributed by atoms with Gasteiger partial charge in [-0.3, -0.25) is 0 Å². The van der Waals surface area contributed by atoms with Gasteiger partial charge < -0.3 is 9.47 Å². The highest BCUT2D eigenvalue weighted by molar-refractivity contribution is 5.89. The van der Waals surface area contributed by atoms with Crippen LogP contribution in [0.2, 0.25) is 0 Å². The van der Waals surface area contributed by atoms with E-state index in [9.17, 15) is 13.6 Å². The van der Waals surface area contributed by atoms with Crippen LogP contribution < -0.4 is 4.74 Å². The third-order valence-electron chi connectivity index (χ3n) is 2.35. The van der Waals surface area contributed by atoms with Crippen molar-refractivity contribution in [3.8, 4) is 11.6 Å². The molecule has 0 N–H and O–H groups in total. The SMILES string of the molecule is CCOC(=O)c1ccc(Oc2ncc(F)cc2F)cc1. The zero-order valence-electron chi connectivity index (χ0n) is 10.6. The summed E-state index contributed by atoms with van der Waals surface area (Å²) in [6, 6.07) is 6.58. The number of esters is 1. The molecule has 0 aliphatic rings. The molecular formula is C14H11F2NO3. The Hall–Kier alpha value is -2.50. The summed E-state index contributed by atoms with van der Waals surface area (Å²) in [5, 5.41) is 0. The number of ether oxygens (including phenoxy) is 2. The van der Waals surface area contributed by atoms with Gasteiger partial charge in [0.1, 0.15) is 11.6 Å². The second-order valence-electron chi connectivity index (χ2n) is 3.79. The minimum Gasteiger partial charge on any atom is -0.462 e. The molecule has 0 amide bonds. The Morgan fingerprint density at radius 3 is 2.55 bits per heavy atom. The highest BCUT2D eigenvalue weighted by atomic mass is 19.1. The molecule has 0 bridgehead atoms. The van der Waals surface area contributed by atoms with Crippen LogP contribution in [-0.4, -0.2) is 17.6 Å². The third kappa shape index (κ3) is 3.28. The minimum absolute atomic E-state index is 0.274. The molecule has 0 aliphatic heterocycles. The molecule has 0 aliphatic carbocycles. The predicted octanol–water partition coefficient (Wildman–Crippen LogP) is 3.33. The molecule has 0 unspecified atom stereocenters. The second kappa shape index (κ2) is 6.10. The van der Waals surface area contributed by atoms with E-state index in [1.165, 1.54) is 24.3 Å². The summed E-state index contributed by atoms with van der Waals surface area (Å²) in [6.45, 7) is 1.99. The summed E-state index contributed by atoms with van der Waals surface area (Å²) in [6.07, 6.45) is 0.853. The number of aromatic nitrogens is 1. The van der Waals surface area contributed by atoms with Crippen LogP contribution in [0.4, 0.5) is 8.78 Å². The van der Waals surface area contributed by atoms with Crippen molar-refractivity contribution in [3.05, 3.63) is 53.7 Å². The Kier molecular flexibility index (Phi) is 4.24. The number of benzene rings is 1. The average Bonchev–Trinajstić information content (AvgIpc) is 2.43. The van der Waals surface area contributed by atoms with Crippen LogP contribution in [0.1, 0.15) is 17.3 Å². The zero-order chi connectivity index (χ0) is 14.5. The van der Waals surface area contributed by atoms with Gasteiger partial charge in [0.2, 0.25) is 0 Å². The number of halogens is 2. The lowest BCUT2D eigenvalue weighted by molar-refractivity contribution is 0.0526. The van der Waals surface area contributed by atoms with Crippen LogP contribution in [0.3, 0.4) is 0 Å². The summed E-state index contributed by atoms with van der Waals surface area (Å²) in [7, 11) is 0. The van der Waals surface area contributed by atoms with Crippen molar-refractivity contribution in [2.24, 2.45) is 0 Å². The second-order valence-corrected chi connectivity index (χ2v) is 3.79. The lowest BCUT2D eigenvalue weighted by atomic mass is 10.2. The smallest absolute Gasteiger partial charge is 0.338 e. The van der Waals surface area contributed by atoms with Gasteiger partial charge in [-0.05, 0) is 31.2 Å². The Labute approximate surface area is 114 Å². The first kappa shape index (κ1) is 13.9. The fourth-order valence-corrected chi connectivity index (χ4v) is 1.46. The first-order valence-electron chi connectivity index (χ1n) is 5.86. The van der Waals surface area contributed by atoms with Crippen molar-refractivity contribution in [2.45, 2.75) is 6.92 Å². The van der Waals surface area contributed by atoms with Crippen LogP contribution in [0, 0.1) is 11.6 Å². The molecule has 0 saturated heterocycles. The molecule has 2 rings (SSSR count). The van der Waals surface area contributed by atoms with E-state index in [0.29, 0.717) is 11.6 Å². The van der Waals surface area contributed by atoms with Crippen molar-refractivity contribution < 1.29 is 23.0 Å². The molecule has 20 heavy (non-hydrogen) atoms. The minimum atomic E-state index is -0.903. The third-order valence-corrected chi connectivity index (χ3v) is 2.35. The Balaban J connectivity index is 2.12. The molecule has 0 radical (unpaired) electrons. The van der Waals surface area contributed by atoms with Crippen LogP contribution in [0.15, 0.2) is 36.5 Å². The molecule has 2 aromatic rings. The molecule has 6 heteroatoms. The van der Waals surface area contributed by atoms with Crippen molar-refractivity contribution in [3.63, 3.8) is 0 Å². The maximum Gasteiger partial charge on any atom is 0.338 e. The molecule has 1 aromatic heterocycles. The molecule has 104 valence electrons. The van der Waals surface area contributed by atoms with Crippen molar-refractivity contribution in [1.29, 1.82) is 0 Å². The molecule has 4 nitrogen and oxygen atoms in total. The molecule has 1 aromatic carbocycles. The largest absolute Gasteiger partial charge is 0.462 e. The monoisotopic (exact) mass is 279 g/mol. The molecule has 0 fully saturated rings. The van der Waals surface area contributed by atoms with E-state index in [1.807, 2.05) is 0 Å². The van der Waals surface area contributed by atoms with E-state index < -0.39 is 17.6 Å². The van der Waals surface area contributed by atoms with E-state index in [1.54, 1.807) is 6.92 Å². The van der Waals surface area contributed by atoms with Crippen molar-refractivity contribution in [2.75, 3.05) is 6.61 Å². The fourth-order valence-electron chi connectivity index (χ4n) is 1.46. The van der Waals surface area contributed by atoms with Gasteiger partial charge in [0.05, 0.1) is 18.4 Å². The van der Waals surface area contributed by atoms with Crippen LogP contribution in [0.5, 0.6) is 11.6 Å². The Morgan fingerprint density at radius 2 is 1.95 bits per heavy atom. The summed E-state index contributed by atoms with van der Waals surface area (Å²) in [5.74, 6) is -2.21. The van der Waals surface area contributed by atoms with Crippen molar-refractivity contribution >= 4 is 5.97 Å². The maximum atomic E-state index is 13.3. The highest BCUT2D eigenvalue weighted by Gasteiger charge is 2.10. The quantitative estimate of drug-likeness (QED) is 0.805. The summed E-state index contributed by atoms with van der Waals surface area (Å²) in [5.41, 5.74) is 0.353. The van der Waals surface area contributed by atoms with Crippen LogP contribution in [-0.2, 0) is 4.74 Å². The number of pyridine rings is 1. The first-order valence-corrected chi connectivity index (χ1v) is 5.86. The van der Waals surface area contributed by atoms with Crippen LogP contribution >= 0.6 is 0 Å². The van der Waals surface area contributed by atoms with E-state index in [2.05, 4.69) is 4.98 Å². The number of nitrogens with zero attached hydrogens (tertiary/aromatic N) is 1. The molecule has 0 saturated carbocycles. The molecule has 0 spiro atoms. The van der Waals surface area contributed by atoms with Gasteiger partial charge in [-0.1, -0.05) is 0 Å². The normalized spacial score (nSPS) is 10.2. The van der Waals surface area contributed by atoms with Gasteiger partial charge in [0, 0.05) is 6.07 Å². The van der Waals surface area contributed by atoms with E-state index in [-0.39, 0.29) is 18.2 Å². The standard InChI is InChI=1S/C14H11F2NO3/c1-2-19-14(18)9-3-5-11(6-4-9)20-13-12(16)7-10(15)8-17-13/h3-8H,2H2,1H3. The van der Waals surface area contributed by atoms with E-state index in [0.717, 1.165) is 6.20 Å². The zero-order valence-corrected chi connectivity index (χ0v) is 10.6. The van der Waals surface area contributed by atoms with Gasteiger partial charge in [-0.25, -0.2) is 18.6 Å². The number of hydrogen-bond donors (Lipinski definition) is 0. The number of hydrogen-bond acceptors (Lipinski definition) is 4. The maximum absolute atomic E-state index is 13.3. The lowest BCUT2D eigenvalue weighted by Crippen LogP contribution is -2.04. The average molecular weight is 279 g/mol. The molecule has 0 atom stereocenters. The molecular weight excluding hydrogens is 268 g/mol. The number of carbonyl (C=O) groups is 1. The van der Waals surface area contributed by atoms with Gasteiger partial charge in [-0.2, -0.15) is 0 Å². The summed E-state index contributed by atoms with van der Waals surface area (Å²) in [4.78, 5) is 14.9. The van der Waals surface area contributed by atoms with E-state index >= 15 is 0 Å². The highest BCUT2D eigenvalue weighted by Crippen LogP contribution is 2.22. The van der Waals surface area contributed by atoms with Gasteiger partial charge in [0.15, 0.2) is 5.82 Å². The lowest BCUT2D eigenvalue weighted by Gasteiger charge is -2.06. The first-order chi connectivity index (χ1) is 9.60.